The third-order valence-electron chi connectivity index (χ3n) is 3.88. The van der Waals surface area contributed by atoms with E-state index >= 15 is 0 Å². The van der Waals surface area contributed by atoms with Crippen molar-refractivity contribution in [1.29, 1.82) is 0 Å². The zero-order valence-electron chi connectivity index (χ0n) is 11.5. The van der Waals surface area contributed by atoms with Gasteiger partial charge in [-0.25, -0.2) is 0 Å². The molecular weight excluding hydrogens is 322 g/mol. The summed E-state index contributed by atoms with van der Waals surface area (Å²) in [5, 5.41) is 2.78. The Morgan fingerprint density at radius 2 is 2.09 bits per heavy atom. The van der Waals surface area contributed by atoms with Crippen molar-refractivity contribution in [3.8, 4) is 0 Å². The molecular formula is C16H10ClNO3S. The van der Waals surface area contributed by atoms with Crippen LogP contribution < -0.4 is 5.43 Å². The molecule has 4 rings (SSSR count). The fourth-order valence-electron chi connectivity index (χ4n) is 2.84. The van der Waals surface area contributed by atoms with Gasteiger partial charge in [-0.2, -0.15) is 0 Å². The van der Waals surface area contributed by atoms with Crippen molar-refractivity contribution in [1.82, 2.24) is 4.90 Å². The summed E-state index contributed by atoms with van der Waals surface area (Å²) in [6, 6.07) is 8.25. The lowest BCUT2D eigenvalue weighted by molar-refractivity contribution is 0.0773. The first-order valence-electron chi connectivity index (χ1n) is 6.65. The first kappa shape index (κ1) is 13.5. The van der Waals surface area contributed by atoms with Crippen molar-refractivity contribution in [2.75, 3.05) is 7.05 Å². The molecule has 1 aliphatic heterocycles. The van der Waals surface area contributed by atoms with E-state index < -0.39 is 6.04 Å². The molecule has 2 aromatic heterocycles. The topological polar surface area (TPSA) is 50.5 Å². The molecule has 1 amide bonds. The maximum absolute atomic E-state index is 12.9. The molecule has 3 heterocycles. The van der Waals surface area contributed by atoms with Gasteiger partial charge in [-0.05, 0) is 29.6 Å². The summed E-state index contributed by atoms with van der Waals surface area (Å²) in [7, 11) is 1.68. The Morgan fingerprint density at radius 1 is 1.27 bits per heavy atom. The number of carbonyl (C=O) groups is 1. The number of fused-ring (bicyclic) bond motifs is 2. The van der Waals surface area contributed by atoms with Crippen molar-refractivity contribution in [2.24, 2.45) is 0 Å². The molecule has 0 saturated carbocycles. The van der Waals surface area contributed by atoms with E-state index in [9.17, 15) is 9.59 Å². The average Bonchev–Trinajstić information content (AvgIpc) is 3.10. The number of hydrogen-bond acceptors (Lipinski definition) is 4. The van der Waals surface area contributed by atoms with Gasteiger partial charge in [-0.3, -0.25) is 9.59 Å². The van der Waals surface area contributed by atoms with Crippen LogP contribution in [0.25, 0.3) is 11.0 Å². The number of rotatable bonds is 1. The van der Waals surface area contributed by atoms with Crippen LogP contribution in [0.2, 0.25) is 5.02 Å². The van der Waals surface area contributed by atoms with Crippen molar-refractivity contribution < 1.29 is 9.21 Å². The summed E-state index contributed by atoms with van der Waals surface area (Å²) >= 11 is 7.49. The first-order chi connectivity index (χ1) is 10.6. The molecule has 0 aliphatic carbocycles. The lowest BCUT2D eigenvalue weighted by atomic mass is 10.0. The Bertz CT molecular complexity index is 961. The van der Waals surface area contributed by atoms with E-state index in [-0.39, 0.29) is 17.1 Å². The van der Waals surface area contributed by atoms with Crippen LogP contribution in [0.15, 0.2) is 44.9 Å². The molecule has 110 valence electrons. The van der Waals surface area contributed by atoms with Gasteiger partial charge in [0.15, 0.2) is 5.43 Å². The molecule has 0 bridgehead atoms. The lowest BCUT2D eigenvalue weighted by Gasteiger charge is -2.18. The van der Waals surface area contributed by atoms with Gasteiger partial charge >= 0.3 is 0 Å². The van der Waals surface area contributed by atoms with Gasteiger partial charge in [0, 0.05) is 16.9 Å². The number of thiophene rings is 1. The van der Waals surface area contributed by atoms with Crippen molar-refractivity contribution >= 4 is 39.8 Å². The maximum atomic E-state index is 12.9. The minimum atomic E-state index is -0.401. The van der Waals surface area contributed by atoms with Gasteiger partial charge in [0.05, 0.1) is 17.0 Å². The second-order valence-electron chi connectivity index (χ2n) is 5.15. The van der Waals surface area contributed by atoms with Gasteiger partial charge in [0.1, 0.15) is 5.58 Å². The minimum absolute atomic E-state index is 0.126. The summed E-state index contributed by atoms with van der Waals surface area (Å²) in [6.07, 6.45) is 0. The Balaban J connectivity index is 2.08. The second-order valence-corrected chi connectivity index (χ2v) is 6.56. The molecule has 6 heteroatoms. The fraction of sp³-hybridized carbons (Fsp3) is 0.125. The molecule has 0 unspecified atom stereocenters. The van der Waals surface area contributed by atoms with Crippen LogP contribution in [0, 0.1) is 0 Å². The van der Waals surface area contributed by atoms with Crippen molar-refractivity contribution in [3.05, 3.63) is 67.2 Å². The van der Waals surface area contributed by atoms with E-state index in [1.807, 2.05) is 17.5 Å². The quantitative estimate of drug-likeness (QED) is 0.683. The zero-order chi connectivity index (χ0) is 15.4. The number of carbonyl (C=O) groups excluding carboxylic acids is 1. The number of amides is 1. The molecule has 1 aliphatic rings. The smallest absolute Gasteiger partial charge is 0.290 e. The maximum Gasteiger partial charge on any atom is 0.290 e. The molecule has 0 saturated heterocycles. The number of halogens is 1. The lowest BCUT2D eigenvalue weighted by Crippen LogP contribution is -2.24. The Hall–Kier alpha value is -2.11. The van der Waals surface area contributed by atoms with Gasteiger partial charge in [0.2, 0.25) is 5.76 Å². The molecule has 1 aromatic carbocycles. The molecule has 0 N–H and O–H groups in total. The van der Waals surface area contributed by atoms with Crippen LogP contribution >= 0.6 is 22.9 Å². The van der Waals surface area contributed by atoms with Crippen LogP contribution in [0.4, 0.5) is 0 Å². The van der Waals surface area contributed by atoms with Crippen LogP contribution in [0.1, 0.15) is 27.0 Å². The summed E-state index contributed by atoms with van der Waals surface area (Å²) in [5.41, 5.74) is 0.571. The van der Waals surface area contributed by atoms with Crippen LogP contribution in [-0.4, -0.2) is 17.9 Å². The Kier molecular flexibility index (Phi) is 2.89. The van der Waals surface area contributed by atoms with Gasteiger partial charge in [0.25, 0.3) is 5.91 Å². The van der Waals surface area contributed by atoms with Crippen LogP contribution in [-0.2, 0) is 0 Å². The Labute approximate surface area is 134 Å². The van der Waals surface area contributed by atoms with Crippen molar-refractivity contribution in [2.45, 2.75) is 6.04 Å². The zero-order valence-corrected chi connectivity index (χ0v) is 13.1. The highest BCUT2D eigenvalue weighted by molar-refractivity contribution is 7.10. The standard InChI is InChI=1S/C16H10ClNO3S/c1-18-13(11-3-2-6-22-11)12-14(19)9-7-8(17)4-5-10(9)21-15(12)16(18)20/h2-7,13H,1H3/t13-/m1/s1. The predicted octanol–water partition coefficient (Wildman–Crippen LogP) is 3.68. The average molecular weight is 332 g/mol. The normalized spacial score (nSPS) is 17.3. The van der Waals surface area contributed by atoms with Crippen LogP contribution in [0.5, 0.6) is 0 Å². The van der Waals surface area contributed by atoms with Gasteiger partial charge < -0.3 is 9.32 Å². The molecule has 0 fully saturated rings. The second kappa shape index (κ2) is 4.69. The van der Waals surface area contributed by atoms with E-state index in [2.05, 4.69) is 0 Å². The largest absolute Gasteiger partial charge is 0.450 e. The highest BCUT2D eigenvalue weighted by atomic mass is 35.5. The third-order valence-corrected chi connectivity index (χ3v) is 5.04. The summed E-state index contributed by atoms with van der Waals surface area (Å²) in [5.74, 6) is -0.150. The summed E-state index contributed by atoms with van der Waals surface area (Å²) in [6.45, 7) is 0. The number of nitrogens with zero attached hydrogens (tertiary/aromatic N) is 1. The Morgan fingerprint density at radius 3 is 2.82 bits per heavy atom. The van der Waals surface area contributed by atoms with E-state index in [0.29, 0.717) is 21.6 Å². The molecule has 22 heavy (non-hydrogen) atoms. The SMILES string of the molecule is CN1C(=O)c2oc3ccc(Cl)cc3c(=O)c2[C@H]1c1cccs1. The minimum Gasteiger partial charge on any atom is -0.450 e. The van der Waals surface area contributed by atoms with Crippen LogP contribution in [0.3, 0.4) is 0 Å². The van der Waals surface area contributed by atoms with E-state index in [4.69, 9.17) is 16.0 Å². The summed E-state index contributed by atoms with van der Waals surface area (Å²) < 4.78 is 5.71. The molecule has 0 radical (unpaired) electrons. The fourth-order valence-corrected chi connectivity index (χ4v) is 3.89. The molecule has 1 atom stereocenters. The number of hydrogen-bond donors (Lipinski definition) is 0. The highest BCUT2D eigenvalue weighted by Gasteiger charge is 2.41. The van der Waals surface area contributed by atoms with E-state index in [1.54, 1.807) is 30.1 Å². The molecule has 0 spiro atoms. The van der Waals surface area contributed by atoms with E-state index in [1.165, 1.54) is 11.3 Å². The number of benzene rings is 1. The van der Waals surface area contributed by atoms with Gasteiger partial charge in [-0.1, -0.05) is 17.7 Å². The monoisotopic (exact) mass is 331 g/mol. The molecule has 3 aromatic rings. The third kappa shape index (κ3) is 1.76. The molecule has 4 nitrogen and oxygen atoms in total. The highest BCUT2D eigenvalue weighted by Crippen LogP contribution is 2.38. The van der Waals surface area contributed by atoms with Gasteiger partial charge in [-0.15, -0.1) is 11.3 Å². The van der Waals surface area contributed by atoms with E-state index in [0.717, 1.165) is 4.88 Å². The van der Waals surface area contributed by atoms with Crippen molar-refractivity contribution in [3.63, 3.8) is 0 Å². The first-order valence-corrected chi connectivity index (χ1v) is 7.90. The predicted molar refractivity (Wildman–Crippen MR) is 85.7 cm³/mol. The summed E-state index contributed by atoms with van der Waals surface area (Å²) in [4.78, 5) is 27.8.